The van der Waals surface area contributed by atoms with E-state index in [2.05, 4.69) is 26.1 Å². The van der Waals surface area contributed by atoms with Crippen molar-refractivity contribution in [1.82, 2.24) is 5.32 Å². The van der Waals surface area contributed by atoms with E-state index in [-0.39, 0.29) is 11.6 Å². The predicted molar refractivity (Wildman–Crippen MR) is 88.0 cm³/mol. The molecule has 1 aromatic rings. The molecule has 0 aliphatic carbocycles. The Morgan fingerprint density at radius 3 is 2.50 bits per heavy atom. The summed E-state index contributed by atoms with van der Waals surface area (Å²) in [6.07, 6.45) is 1.91. The smallest absolute Gasteiger partial charge is 0.0781 e. The summed E-state index contributed by atoms with van der Waals surface area (Å²) < 4.78 is 5.89. The Hall–Kier alpha value is -0.280. The molecule has 20 heavy (non-hydrogen) atoms. The molecular weight excluding hydrogens is 293 g/mol. The molecule has 0 radical (unpaired) electrons. The van der Waals surface area contributed by atoms with E-state index >= 15 is 0 Å². The van der Waals surface area contributed by atoms with E-state index < -0.39 is 0 Å². The van der Waals surface area contributed by atoms with Gasteiger partial charge in [0, 0.05) is 22.7 Å². The van der Waals surface area contributed by atoms with Crippen LogP contribution in [0, 0.1) is 0 Å². The van der Waals surface area contributed by atoms with Crippen LogP contribution < -0.4 is 5.32 Å². The lowest BCUT2D eigenvalue weighted by Gasteiger charge is -2.35. The molecule has 0 aromatic heterocycles. The highest BCUT2D eigenvalue weighted by molar-refractivity contribution is 6.35. The predicted octanol–water partition coefficient (Wildman–Crippen LogP) is 4.72. The van der Waals surface area contributed by atoms with E-state index in [0.717, 1.165) is 24.9 Å². The standard InChI is InChI=1S/C16H25Cl2NO/c1-5-9-19-15(16(3,4)20-6-2)10-12-7-8-13(17)11-14(12)18/h7-8,11,15,19H,5-6,9-10H2,1-4H3. The second kappa shape index (κ2) is 8.23. The van der Waals surface area contributed by atoms with Crippen LogP contribution in [0.1, 0.15) is 39.7 Å². The summed E-state index contributed by atoms with van der Waals surface area (Å²) in [5.74, 6) is 0. The van der Waals surface area contributed by atoms with Gasteiger partial charge in [-0.05, 0) is 57.9 Å². The number of ether oxygens (including phenoxy) is 1. The van der Waals surface area contributed by atoms with Crippen molar-refractivity contribution >= 4 is 23.2 Å². The van der Waals surface area contributed by atoms with Gasteiger partial charge in [-0.15, -0.1) is 0 Å². The maximum Gasteiger partial charge on any atom is 0.0781 e. The zero-order valence-corrected chi connectivity index (χ0v) is 14.3. The van der Waals surface area contributed by atoms with Crippen molar-refractivity contribution < 1.29 is 4.74 Å². The van der Waals surface area contributed by atoms with Gasteiger partial charge in [0.1, 0.15) is 0 Å². The van der Waals surface area contributed by atoms with E-state index in [1.165, 1.54) is 0 Å². The van der Waals surface area contributed by atoms with Gasteiger partial charge in [-0.2, -0.15) is 0 Å². The zero-order valence-electron chi connectivity index (χ0n) is 12.8. The minimum Gasteiger partial charge on any atom is -0.374 e. The number of nitrogens with one attached hydrogen (secondary N) is 1. The van der Waals surface area contributed by atoms with E-state index in [1.807, 2.05) is 19.1 Å². The molecule has 0 spiro atoms. The summed E-state index contributed by atoms with van der Waals surface area (Å²) in [6, 6.07) is 5.88. The molecule has 1 N–H and O–H groups in total. The first-order valence-corrected chi connectivity index (χ1v) is 7.97. The Balaban J connectivity index is 2.88. The lowest BCUT2D eigenvalue weighted by molar-refractivity contribution is -0.0379. The van der Waals surface area contributed by atoms with E-state index in [4.69, 9.17) is 27.9 Å². The monoisotopic (exact) mass is 317 g/mol. The van der Waals surface area contributed by atoms with Crippen LogP contribution in [0.2, 0.25) is 10.0 Å². The molecular formula is C16H25Cl2NO. The van der Waals surface area contributed by atoms with Crippen molar-refractivity contribution in [3.05, 3.63) is 33.8 Å². The Morgan fingerprint density at radius 1 is 1.25 bits per heavy atom. The number of hydrogen-bond acceptors (Lipinski definition) is 2. The van der Waals surface area contributed by atoms with Gasteiger partial charge >= 0.3 is 0 Å². The molecule has 1 unspecified atom stereocenters. The Bertz CT molecular complexity index is 421. The minimum atomic E-state index is -0.243. The van der Waals surface area contributed by atoms with Crippen LogP contribution in [-0.2, 0) is 11.2 Å². The highest BCUT2D eigenvalue weighted by atomic mass is 35.5. The average molecular weight is 318 g/mol. The first kappa shape index (κ1) is 17.8. The molecule has 0 amide bonds. The molecule has 1 atom stereocenters. The minimum absolute atomic E-state index is 0.209. The SMILES string of the molecule is CCCNC(Cc1ccc(Cl)cc1Cl)C(C)(C)OCC. The largest absolute Gasteiger partial charge is 0.374 e. The zero-order chi connectivity index (χ0) is 15.2. The molecule has 0 saturated carbocycles. The Kier molecular flexibility index (Phi) is 7.32. The lowest BCUT2D eigenvalue weighted by atomic mass is 9.92. The van der Waals surface area contributed by atoms with Crippen LogP contribution in [0.25, 0.3) is 0 Å². The van der Waals surface area contributed by atoms with Crippen LogP contribution in [0.15, 0.2) is 18.2 Å². The van der Waals surface area contributed by atoms with E-state index in [0.29, 0.717) is 16.7 Å². The molecule has 1 rings (SSSR count). The van der Waals surface area contributed by atoms with Crippen molar-refractivity contribution in [2.45, 2.75) is 52.2 Å². The van der Waals surface area contributed by atoms with Gasteiger partial charge in [0.15, 0.2) is 0 Å². The summed E-state index contributed by atoms with van der Waals surface area (Å²) in [7, 11) is 0. The maximum atomic E-state index is 6.28. The van der Waals surface area contributed by atoms with Gasteiger partial charge in [-0.3, -0.25) is 0 Å². The molecule has 4 heteroatoms. The second-order valence-corrected chi connectivity index (χ2v) is 6.33. The van der Waals surface area contributed by atoms with Crippen molar-refractivity contribution in [1.29, 1.82) is 0 Å². The van der Waals surface area contributed by atoms with Gasteiger partial charge in [0.05, 0.1) is 5.60 Å². The number of benzene rings is 1. The third-order valence-corrected chi connectivity index (χ3v) is 4.02. The Labute approximate surface area is 132 Å². The van der Waals surface area contributed by atoms with E-state index in [1.54, 1.807) is 6.07 Å². The summed E-state index contributed by atoms with van der Waals surface area (Å²) in [4.78, 5) is 0. The van der Waals surface area contributed by atoms with Crippen LogP contribution >= 0.6 is 23.2 Å². The number of halogens is 2. The van der Waals surface area contributed by atoms with Gasteiger partial charge in [-0.1, -0.05) is 36.2 Å². The van der Waals surface area contributed by atoms with E-state index in [9.17, 15) is 0 Å². The fraction of sp³-hybridized carbons (Fsp3) is 0.625. The molecule has 0 aliphatic heterocycles. The quantitative estimate of drug-likeness (QED) is 0.749. The molecule has 1 aromatic carbocycles. The first-order chi connectivity index (χ1) is 9.40. The maximum absolute atomic E-state index is 6.28. The Morgan fingerprint density at radius 2 is 1.95 bits per heavy atom. The highest BCUT2D eigenvalue weighted by Crippen LogP contribution is 2.25. The highest BCUT2D eigenvalue weighted by Gasteiger charge is 2.30. The summed E-state index contributed by atoms with van der Waals surface area (Å²) in [5.41, 5.74) is 0.852. The van der Waals surface area contributed by atoms with Crippen LogP contribution in [0.4, 0.5) is 0 Å². The first-order valence-electron chi connectivity index (χ1n) is 7.22. The van der Waals surface area contributed by atoms with Crippen LogP contribution in [0.3, 0.4) is 0 Å². The van der Waals surface area contributed by atoms with Gasteiger partial charge < -0.3 is 10.1 Å². The van der Waals surface area contributed by atoms with Crippen molar-refractivity contribution in [3.63, 3.8) is 0 Å². The lowest BCUT2D eigenvalue weighted by Crippen LogP contribution is -2.50. The van der Waals surface area contributed by atoms with Gasteiger partial charge in [0.2, 0.25) is 0 Å². The number of rotatable bonds is 8. The van der Waals surface area contributed by atoms with Crippen LogP contribution in [-0.4, -0.2) is 24.8 Å². The second-order valence-electron chi connectivity index (χ2n) is 5.48. The summed E-state index contributed by atoms with van der Waals surface area (Å²) >= 11 is 12.2. The van der Waals surface area contributed by atoms with Crippen molar-refractivity contribution in [3.8, 4) is 0 Å². The molecule has 114 valence electrons. The summed E-state index contributed by atoms with van der Waals surface area (Å²) in [6.45, 7) is 10.1. The number of hydrogen-bond donors (Lipinski definition) is 1. The van der Waals surface area contributed by atoms with Crippen molar-refractivity contribution in [2.24, 2.45) is 0 Å². The molecule has 0 saturated heterocycles. The normalized spacial score (nSPS) is 13.5. The molecule has 2 nitrogen and oxygen atoms in total. The molecule has 0 bridgehead atoms. The van der Waals surface area contributed by atoms with Gasteiger partial charge in [0.25, 0.3) is 0 Å². The average Bonchev–Trinajstić information content (AvgIpc) is 2.36. The van der Waals surface area contributed by atoms with Crippen molar-refractivity contribution in [2.75, 3.05) is 13.2 Å². The fourth-order valence-electron chi connectivity index (χ4n) is 2.26. The molecule has 0 heterocycles. The van der Waals surface area contributed by atoms with Gasteiger partial charge in [-0.25, -0.2) is 0 Å². The third-order valence-electron chi connectivity index (χ3n) is 3.44. The fourth-order valence-corrected chi connectivity index (χ4v) is 2.75. The molecule has 0 aliphatic rings. The van der Waals surface area contributed by atoms with Crippen LogP contribution in [0.5, 0.6) is 0 Å². The molecule has 0 fully saturated rings. The summed E-state index contributed by atoms with van der Waals surface area (Å²) in [5, 5.41) is 4.95. The third kappa shape index (κ3) is 5.25. The topological polar surface area (TPSA) is 21.3 Å².